The number of rotatable bonds is 4. The Morgan fingerprint density at radius 2 is 2.13 bits per heavy atom. The molecule has 0 fully saturated rings. The summed E-state index contributed by atoms with van der Waals surface area (Å²) in [4.78, 5) is 26.7. The molecule has 1 rings (SSSR count). The Labute approximate surface area is 89.5 Å². The van der Waals surface area contributed by atoms with Crippen LogP contribution >= 0.6 is 0 Å². The Morgan fingerprint density at radius 3 is 2.67 bits per heavy atom. The van der Waals surface area contributed by atoms with Crippen molar-refractivity contribution in [1.82, 2.24) is 4.98 Å². The summed E-state index contributed by atoms with van der Waals surface area (Å²) in [6.45, 7) is 5.14. The summed E-state index contributed by atoms with van der Waals surface area (Å²) < 4.78 is 0. The quantitative estimate of drug-likeness (QED) is 0.708. The highest BCUT2D eigenvalue weighted by molar-refractivity contribution is 6.00. The van der Waals surface area contributed by atoms with Crippen molar-refractivity contribution in [2.24, 2.45) is 5.92 Å². The van der Waals surface area contributed by atoms with Gasteiger partial charge in [-0.15, -0.1) is 0 Å². The lowest BCUT2D eigenvalue weighted by atomic mass is 9.94. The molecule has 0 aliphatic heterocycles. The molecule has 80 valence electrons. The molecule has 0 saturated carbocycles. The van der Waals surface area contributed by atoms with Gasteiger partial charge in [0.25, 0.3) is 0 Å². The Morgan fingerprint density at radius 1 is 1.47 bits per heavy atom. The van der Waals surface area contributed by atoms with E-state index in [1.54, 1.807) is 25.4 Å². The van der Waals surface area contributed by atoms with Crippen LogP contribution in [0.1, 0.15) is 36.2 Å². The molecule has 1 aromatic rings. The van der Waals surface area contributed by atoms with Crippen LogP contribution in [0, 0.1) is 12.8 Å². The minimum atomic E-state index is -0.259. The molecule has 0 spiro atoms. The fraction of sp³-hybridized carbons (Fsp3) is 0.417. The fourth-order valence-corrected chi connectivity index (χ4v) is 1.51. The van der Waals surface area contributed by atoms with Crippen molar-refractivity contribution in [3.8, 4) is 0 Å². The Balaban J connectivity index is 2.85. The predicted molar refractivity (Wildman–Crippen MR) is 57.8 cm³/mol. The highest BCUT2D eigenvalue weighted by Crippen LogP contribution is 2.14. The van der Waals surface area contributed by atoms with Gasteiger partial charge in [-0.25, -0.2) is 0 Å². The molecule has 0 bridgehead atoms. The third-order valence-corrected chi connectivity index (χ3v) is 2.35. The van der Waals surface area contributed by atoms with Crippen LogP contribution in [0.2, 0.25) is 0 Å². The van der Waals surface area contributed by atoms with Crippen LogP contribution in [-0.4, -0.2) is 16.6 Å². The number of carbonyl (C=O) groups is 2. The third-order valence-electron chi connectivity index (χ3n) is 2.35. The molecule has 1 aromatic heterocycles. The van der Waals surface area contributed by atoms with E-state index in [2.05, 4.69) is 4.98 Å². The topological polar surface area (TPSA) is 47.0 Å². The van der Waals surface area contributed by atoms with Crippen LogP contribution in [0.4, 0.5) is 0 Å². The Bertz CT molecular complexity index is 385. The molecule has 0 amide bonds. The first-order valence-electron chi connectivity index (χ1n) is 4.96. The van der Waals surface area contributed by atoms with Crippen LogP contribution < -0.4 is 0 Å². The largest absolute Gasteiger partial charge is 0.300 e. The van der Waals surface area contributed by atoms with Crippen LogP contribution in [0.15, 0.2) is 18.5 Å². The van der Waals surface area contributed by atoms with Gasteiger partial charge < -0.3 is 4.79 Å². The molecular formula is C12H15NO2. The number of carbonyl (C=O) groups excluding carboxylic acids is 2. The van der Waals surface area contributed by atoms with E-state index in [0.717, 1.165) is 5.56 Å². The van der Waals surface area contributed by atoms with Crippen molar-refractivity contribution < 1.29 is 9.59 Å². The highest BCUT2D eigenvalue weighted by Gasteiger charge is 2.18. The minimum absolute atomic E-state index is 0.00389. The molecule has 0 aromatic carbocycles. The second-order valence-electron chi connectivity index (χ2n) is 3.86. The molecule has 0 saturated heterocycles. The molecule has 3 heteroatoms. The molecule has 0 aliphatic rings. The van der Waals surface area contributed by atoms with Crippen molar-refractivity contribution in [3.05, 3.63) is 29.6 Å². The standard InChI is InChI=1S/C12H15NO2/c1-8-4-5-13-7-11(8)12(15)9(2)6-10(3)14/h4-5,7,9H,6H2,1-3H3. The highest BCUT2D eigenvalue weighted by atomic mass is 16.1. The summed E-state index contributed by atoms with van der Waals surface area (Å²) in [6.07, 6.45) is 3.52. The van der Waals surface area contributed by atoms with Crippen molar-refractivity contribution >= 4 is 11.6 Å². The van der Waals surface area contributed by atoms with Crippen LogP contribution in [0.5, 0.6) is 0 Å². The van der Waals surface area contributed by atoms with E-state index < -0.39 is 0 Å². The molecule has 3 nitrogen and oxygen atoms in total. The summed E-state index contributed by atoms with van der Waals surface area (Å²) in [7, 11) is 0. The summed E-state index contributed by atoms with van der Waals surface area (Å²) in [6, 6.07) is 1.80. The van der Waals surface area contributed by atoms with Gasteiger partial charge in [-0.3, -0.25) is 9.78 Å². The number of aryl methyl sites for hydroxylation is 1. The van der Waals surface area contributed by atoms with Gasteiger partial charge in [0.15, 0.2) is 5.78 Å². The predicted octanol–water partition coefficient (Wildman–Crippen LogP) is 2.19. The molecular weight excluding hydrogens is 190 g/mol. The first-order valence-corrected chi connectivity index (χ1v) is 4.96. The van der Waals surface area contributed by atoms with Gasteiger partial charge in [0.2, 0.25) is 0 Å². The molecule has 1 unspecified atom stereocenters. The van der Waals surface area contributed by atoms with E-state index in [-0.39, 0.29) is 17.5 Å². The van der Waals surface area contributed by atoms with Gasteiger partial charge in [-0.1, -0.05) is 6.92 Å². The maximum atomic E-state index is 11.9. The molecule has 1 atom stereocenters. The van der Waals surface area contributed by atoms with Crippen molar-refractivity contribution in [2.45, 2.75) is 27.2 Å². The first-order chi connectivity index (χ1) is 7.02. The molecule has 0 N–H and O–H groups in total. The lowest BCUT2D eigenvalue weighted by Gasteiger charge is -2.09. The Hall–Kier alpha value is -1.51. The van der Waals surface area contributed by atoms with Gasteiger partial charge in [-0.05, 0) is 25.5 Å². The summed E-state index contributed by atoms with van der Waals surface area (Å²) >= 11 is 0. The van der Waals surface area contributed by atoms with Gasteiger partial charge in [0.1, 0.15) is 5.78 Å². The lowest BCUT2D eigenvalue weighted by Crippen LogP contribution is -2.15. The van der Waals surface area contributed by atoms with Gasteiger partial charge in [0, 0.05) is 30.3 Å². The van der Waals surface area contributed by atoms with E-state index in [1.165, 1.54) is 6.92 Å². The normalized spacial score (nSPS) is 12.2. The Kier molecular flexibility index (Phi) is 3.72. The average Bonchev–Trinajstić information content (AvgIpc) is 2.16. The molecule has 1 heterocycles. The number of pyridine rings is 1. The zero-order valence-electron chi connectivity index (χ0n) is 9.28. The number of hydrogen-bond acceptors (Lipinski definition) is 3. The average molecular weight is 205 g/mol. The third kappa shape index (κ3) is 2.98. The van der Waals surface area contributed by atoms with E-state index >= 15 is 0 Å². The second kappa shape index (κ2) is 4.82. The van der Waals surface area contributed by atoms with Gasteiger partial charge in [0.05, 0.1) is 0 Å². The summed E-state index contributed by atoms with van der Waals surface area (Å²) in [5, 5.41) is 0. The van der Waals surface area contributed by atoms with Gasteiger partial charge >= 0.3 is 0 Å². The van der Waals surface area contributed by atoms with E-state index in [1.807, 2.05) is 6.92 Å². The second-order valence-corrected chi connectivity index (χ2v) is 3.86. The van der Waals surface area contributed by atoms with E-state index in [0.29, 0.717) is 12.0 Å². The molecule has 0 radical (unpaired) electrons. The van der Waals surface area contributed by atoms with Crippen molar-refractivity contribution in [2.75, 3.05) is 0 Å². The molecule has 15 heavy (non-hydrogen) atoms. The summed E-state index contributed by atoms with van der Waals surface area (Å²) in [5.74, 6) is -0.224. The smallest absolute Gasteiger partial charge is 0.167 e. The van der Waals surface area contributed by atoms with Crippen molar-refractivity contribution in [3.63, 3.8) is 0 Å². The summed E-state index contributed by atoms with van der Waals surface area (Å²) in [5.41, 5.74) is 1.52. The van der Waals surface area contributed by atoms with Crippen LogP contribution in [0.3, 0.4) is 0 Å². The number of nitrogens with zero attached hydrogens (tertiary/aromatic N) is 1. The van der Waals surface area contributed by atoms with Gasteiger partial charge in [-0.2, -0.15) is 0 Å². The monoisotopic (exact) mass is 205 g/mol. The SMILES string of the molecule is CC(=O)CC(C)C(=O)c1cnccc1C. The number of aromatic nitrogens is 1. The maximum Gasteiger partial charge on any atom is 0.167 e. The van der Waals surface area contributed by atoms with Crippen molar-refractivity contribution in [1.29, 1.82) is 0 Å². The number of ketones is 2. The fourth-order valence-electron chi connectivity index (χ4n) is 1.51. The maximum absolute atomic E-state index is 11.9. The zero-order valence-corrected chi connectivity index (χ0v) is 9.28. The van der Waals surface area contributed by atoms with Crippen LogP contribution in [-0.2, 0) is 4.79 Å². The van der Waals surface area contributed by atoms with E-state index in [4.69, 9.17) is 0 Å². The zero-order chi connectivity index (χ0) is 11.4. The van der Waals surface area contributed by atoms with E-state index in [9.17, 15) is 9.59 Å². The van der Waals surface area contributed by atoms with Crippen LogP contribution in [0.25, 0.3) is 0 Å². The minimum Gasteiger partial charge on any atom is -0.300 e. The first kappa shape index (κ1) is 11.6. The number of Topliss-reactive ketones (excluding diaryl/α,β-unsaturated/α-hetero) is 2. The number of hydrogen-bond donors (Lipinski definition) is 0. The molecule has 0 aliphatic carbocycles. The lowest BCUT2D eigenvalue weighted by molar-refractivity contribution is -0.117.